The molecule has 0 N–H and O–H groups in total. The highest BCUT2D eigenvalue weighted by atomic mass is 16.5. The van der Waals surface area contributed by atoms with E-state index in [1.54, 1.807) is 0 Å². The van der Waals surface area contributed by atoms with Crippen LogP contribution in [0.25, 0.3) is 0 Å². The molecule has 1 aliphatic carbocycles. The summed E-state index contributed by atoms with van der Waals surface area (Å²) in [4.78, 5) is 16.7. The highest BCUT2D eigenvalue weighted by molar-refractivity contribution is 5.83. The Hall–Kier alpha value is -2.04. The van der Waals surface area contributed by atoms with Gasteiger partial charge < -0.3 is 4.74 Å². The summed E-state index contributed by atoms with van der Waals surface area (Å²) in [6, 6.07) is 6.73. The van der Waals surface area contributed by atoms with E-state index >= 15 is 0 Å². The van der Waals surface area contributed by atoms with Crippen LogP contribution in [0, 0.1) is 5.41 Å². The predicted octanol–water partition coefficient (Wildman–Crippen LogP) is 4.62. The molecule has 0 amide bonds. The molecule has 3 rings (SSSR count). The number of aryl methyl sites for hydroxylation is 1. The van der Waals surface area contributed by atoms with E-state index in [9.17, 15) is 4.79 Å². The van der Waals surface area contributed by atoms with Crippen LogP contribution in [0.5, 0.6) is 0 Å². The Morgan fingerprint density at radius 3 is 2.88 bits per heavy atom. The van der Waals surface area contributed by atoms with Gasteiger partial charge in [0.1, 0.15) is 5.84 Å². The number of benzene rings is 1. The number of azo groups is 1. The topological polar surface area (TPSA) is 63.4 Å². The number of esters is 1. The summed E-state index contributed by atoms with van der Waals surface area (Å²) in [7, 11) is 1.46. The first-order valence-electron chi connectivity index (χ1n) is 9.05. The normalized spacial score (nSPS) is 20.3. The molecule has 0 saturated heterocycles. The second kappa shape index (κ2) is 7.06. The molecule has 25 heavy (non-hydrogen) atoms. The molecule has 0 saturated carbocycles. The Morgan fingerprint density at radius 2 is 2.20 bits per heavy atom. The van der Waals surface area contributed by atoms with E-state index in [4.69, 9.17) is 4.74 Å². The van der Waals surface area contributed by atoms with Gasteiger partial charge in [-0.25, -0.2) is 4.99 Å². The Kier molecular flexibility index (Phi) is 5.02. The van der Waals surface area contributed by atoms with Crippen LogP contribution in [-0.2, 0) is 16.0 Å². The van der Waals surface area contributed by atoms with Gasteiger partial charge in [-0.2, -0.15) is 5.11 Å². The van der Waals surface area contributed by atoms with Crippen molar-refractivity contribution < 1.29 is 9.53 Å². The van der Waals surface area contributed by atoms with Crippen LogP contribution in [0.3, 0.4) is 0 Å². The van der Waals surface area contributed by atoms with E-state index in [0.717, 1.165) is 25.1 Å². The molecule has 1 aromatic rings. The number of hydrogen-bond acceptors (Lipinski definition) is 5. The predicted molar refractivity (Wildman–Crippen MR) is 98.1 cm³/mol. The maximum absolute atomic E-state index is 12.4. The second-order valence-corrected chi connectivity index (χ2v) is 7.66. The lowest BCUT2D eigenvalue weighted by atomic mass is 9.72. The molecule has 1 aliphatic heterocycles. The molecule has 0 radical (unpaired) electrons. The molecule has 2 aliphatic rings. The quantitative estimate of drug-likeness (QED) is 0.709. The number of fused-ring (bicyclic) bond motifs is 1. The number of hydrogen-bond donors (Lipinski definition) is 0. The fraction of sp³-hybridized carbons (Fsp3) is 0.600. The van der Waals surface area contributed by atoms with Crippen molar-refractivity contribution in [2.45, 2.75) is 58.3 Å². The van der Waals surface area contributed by atoms with E-state index in [2.05, 4.69) is 40.3 Å². The highest BCUT2D eigenvalue weighted by Crippen LogP contribution is 2.43. The summed E-state index contributed by atoms with van der Waals surface area (Å²) in [5.74, 6) is 1.24. The van der Waals surface area contributed by atoms with Gasteiger partial charge in [0, 0.05) is 6.42 Å². The van der Waals surface area contributed by atoms with Crippen molar-refractivity contribution in [2.75, 3.05) is 13.8 Å². The van der Waals surface area contributed by atoms with Crippen LogP contribution in [0.4, 0.5) is 0 Å². The molecule has 1 heterocycles. The highest BCUT2D eigenvalue weighted by Gasteiger charge is 2.39. The Bertz CT molecular complexity index is 722. The number of amidine groups is 1. The van der Waals surface area contributed by atoms with Gasteiger partial charge in [0.05, 0.1) is 12.5 Å². The molecule has 1 aromatic carbocycles. The van der Waals surface area contributed by atoms with Crippen LogP contribution >= 0.6 is 0 Å². The Morgan fingerprint density at radius 1 is 1.40 bits per heavy atom. The van der Waals surface area contributed by atoms with Gasteiger partial charge in [0.2, 0.25) is 0 Å². The van der Waals surface area contributed by atoms with Crippen LogP contribution < -0.4 is 0 Å². The van der Waals surface area contributed by atoms with Gasteiger partial charge in [-0.1, -0.05) is 25.1 Å². The third kappa shape index (κ3) is 3.51. The minimum atomic E-state index is -0.610. The van der Waals surface area contributed by atoms with Crippen molar-refractivity contribution >= 4 is 11.8 Å². The number of aliphatic imine (C=N–C) groups is 1. The van der Waals surface area contributed by atoms with Crippen molar-refractivity contribution in [3.8, 4) is 0 Å². The number of methoxy groups -OCH3 is 1. The van der Waals surface area contributed by atoms with Gasteiger partial charge in [0.25, 0.3) is 0 Å². The zero-order chi connectivity index (χ0) is 18.0. The van der Waals surface area contributed by atoms with Gasteiger partial charge in [-0.15, -0.1) is 5.11 Å². The number of nitrogens with zero attached hydrogens (tertiary/aromatic N) is 3. The van der Waals surface area contributed by atoms with Gasteiger partial charge in [-0.3, -0.25) is 4.79 Å². The molecule has 5 nitrogen and oxygen atoms in total. The van der Waals surface area contributed by atoms with E-state index in [0.29, 0.717) is 12.6 Å². The molecule has 0 fully saturated rings. The van der Waals surface area contributed by atoms with Crippen molar-refractivity contribution in [3.05, 3.63) is 34.9 Å². The molecule has 0 spiro atoms. The number of rotatable bonds is 6. The van der Waals surface area contributed by atoms with Crippen LogP contribution in [-0.4, -0.2) is 25.6 Å². The van der Waals surface area contributed by atoms with Crippen molar-refractivity contribution in [3.63, 3.8) is 0 Å². The van der Waals surface area contributed by atoms with Crippen molar-refractivity contribution in [1.29, 1.82) is 0 Å². The standard InChI is InChI=1S/C20H27N3O2/c1-13-5-6-14-7-8-15(11-16(13)14)17(20(2,3)19(24)25-4)9-10-18-21-12-22-23-18/h7-8,11,13,17H,5-6,9-10,12H2,1-4H3. The first kappa shape index (κ1) is 17.8. The van der Waals surface area contributed by atoms with E-state index in [1.165, 1.54) is 30.2 Å². The molecule has 0 bridgehead atoms. The number of carbonyl (C=O) groups excluding carboxylic acids is 1. The first-order chi connectivity index (χ1) is 11.9. The molecule has 2 atom stereocenters. The molecule has 5 heteroatoms. The minimum Gasteiger partial charge on any atom is -0.469 e. The second-order valence-electron chi connectivity index (χ2n) is 7.66. The van der Waals surface area contributed by atoms with Gasteiger partial charge in [0.15, 0.2) is 6.67 Å². The average molecular weight is 341 g/mol. The Labute approximate surface area is 149 Å². The lowest BCUT2D eigenvalue weighted by molar-refractivity contribution is -0.152. The SMILES string of the molecule is COC(=O)C(C)(C)C(CCC1=NCN=N1)c1ccc2c(c1)C(C)CC2. The van der Waals surface area contributed by atoms with Crippen molar-refractivity contribution in [2.24, 2.45) is 20.6 Å². The summed E-state index contributed by atoms with van der Waals surface area (Å²) in [6.07, 6.45) is 3.88. The summed E-state index contributed by atoms with van der Waals surface area (Å²) in [5, 5.41) is 7.99. The third-order valence-electron chi connectivity index (χ3n) is 5.69. The van der Waals surface area contributed by atoms with Crippen LogP contribution in [0.2, 0.25) is 0 Å². The lowest BCUT2D eigenvalue weighted by Crippen LogP contribution is -2.33. The van der Waals surface area contributed by atoms with E-state index in [1.807, 2.05) is 13.8 Å². The molecule has 134 valence electrons. The molecule has 2 unspecified atom stereocenters. The summed E-state index contributed by atoms with van der Waals surface area (Å²) in [6.45, 7) is 6.65. The zero-order valence-electron chi connectivity index (χ0n) is 15.6. The smallest absolute Gasteiger partial charge is 0.311 e. The number of carbonyl (C=O) groups is 1. The molecular weight excluding hydrogens is 314 g/mol. The number of ether oxygens (including phenoxy) is 1. The average Bonchev–Trinajstić information content (AvgIpc) is 3.24. The lowest BCUT2D eigenvalue weighted by Gasteiger charge is -2.32. The zero-order valence-corrected chi connectivity index (χ0v) is 15.6. The van der Waals surface area contributed by atoms with Gasteiger partial charge in [-0.05, 0) is 61.6 Å². The van der Waals surface area contributed by atoms with Crippen LogP contribution in [0.15, 0.2) is 33.4 Å². The molecule has 0 aromatic heterocycles. The first-order valence-corrected chi connectivity index (χ1v) is 9.05. The molecular formula is C20H27N3O2. The summed E-state index contributed by atoms with van der Waals surface area (Å²) >= 11 is 0. The maximum atomic E-state index is 12.4. The van der Waals surface area contributed by atoms with Crippen LogP contribution in [0.1, 0.15) is 68.6 Å². The Balaban J connectivity index is 1.91. The largest absolute Gasteiger partial charge is 0.469 e. The maximum Gasteiger partial charge on any atom is 0.311 e. The fourth-order valence-electron chi connectivity index (χ4n) is 4.05. The summed E-state index contributed by atoms with van der Waals surface area (Å²) in [5.41, 5.74) is 3.47. The monoisotopic (exact) mass is 341 g/mol. The van der Waals surface area contributed by atoms with Crippen molar-refractivity contribution in [1.82, 2.24) is 0 Å². The fourth-order valence-corrected chi connectivity index (χ4v) is 4.05. The van der Waals surface area contributed by atoms with Gasteiger partial charge >= 0.3 is 5.97 Å². The third-order valence-corrected chi connectivity index (χ3v) is 5.69. The summed E-state index contributed by atoms with van der Waals surface area (Å²) < 4.78 is 5.09. The minimum absolute atomic E-state index is 0.0524. The van der Waals surface area contributed by atoms with E-state index in [-0.39, 0.29) is 11.9 Å². The van der Waals surface area contributed by atoms with E-state index < -0.39 is 5.41 Å².